The molecule has 0 bridgehead atoms. The number of thiazole rings is 1. The molecule has 0 N–H and O–H groups in total. The van der Waals surface area contributed by atoms with Gasteiger partial charge in [0.2, 0.25) is 5.91 Å². The van der Waals surface area contributed by atoms with Crippen LogP contribution in [0.2, 0.25) is 0 Å². The van der Waals surface area contributed by atoms with Gasteiger partial charge in [0.05, 0.1) is 11.9 Å². The number of nitrogens with zero attached hydrogens (tertiary/aromatic N) is 2. The minimum absolute atomic E-state index is 0.252. The van der Waals surface area contributed by atoms with E-state index >= 15 is 0 Å². The fraction of sp³-hybridized carbons (Fsp3) is 0.556. The van der Waals surface area contributed by atoms with E-state index in [0.717, 1.165) is 30.8 Å². The number of carbonyl (C=O) groups is 1. The third kappa shape index (κ3) is 2.06. The molecule has 1 saturated heterocycles. The summed E-state index contributed by atoms with van der Waals surface area (Å²) in [6.45, 7) is 1.88. The zero-order valence-corrected chi connectivity index (χ0v) is 8.22. The molecule has 4 heteroatoms. The molecule has 70 valence electrons. The van der Waals surface area contributed by atoms with Crippen LogP contribution in [0, 0.1) is 0 Å². The Morgan fingerprint density at radius 3 is 2.92 bits per heavy atom. The van der Waals surface area contributed by atoms with Crippen molar-refractivity contribution >= 4 is 17.2 Å². The number of likely N-dealkylation sites (tertiary alicyclic amines) is 1. The van der Waals surface area contributed by atoms with Gasteiger partial charge in [-0.2, -0.15) is 0 Å². The first-order valence-electron chi connectivity index (χ1n) is 4.51. The van der Waals surface area contributed by atoms with Gasteiger partial charge in [0.15, 0.2) is 0 Å². The van der Waals surface area contributed by atoms with Crippen molar-refractivity contribution in [3.05, 3.63) is 16.6 Å². The minimum atomic E-state index is 0.252. The van der Waals surface area contributed by atoms with Crippen molar-refractivity contribution in [2.24, 2.45) is 0 Å². The van der Waals surface area contributed by atoms with E-state index in [2.05, 4.69) is 4.98 Å². The van der Waals surface area contributed by atoms with Crippen LogP contribution < -0.4 is 0 Å². The van der Waals surface area contributed by atoms with Crippen molar-refractivity contribution < 1.29 is 4.79 Å². The minimum Gasteiger partial charge on any atom is -0.342 e. The Hall–Kier alpha value is -0.900. The largest absolute Gasteiger partial charge is 0.342 e. The lowest BCUT2D eigenvalue weighted by Gasteiger charge is -2.13. The fourth-order valence-electron chi connectivity index (χ4n) is 1.56. The highest BCUT2D eigenvalue weighted by Gasteiger charge is 2.18. The van der Waals surface area contributed by atoms with E-state index < -0.39 is 0 Å². The van der Waals surface area contributed by atoms with Gasteiger partial charge in [0.1, 0.15) is 0 Å². The second kappa shape index (κ2) is 3.87. The van der Waals surface area contributed by atoms with Gasteiger partial charge in [0, 0.05) is 24.2 Å². The molecule has 0 atom stereocenters. The molecule has 1 fully saturated rings. The van der Waals surface area contributed by atoms with Crippen LogP contribution in [0.15, 0.2) is 11.7 Å². The fourth-order valence-corrected chi connectivity index (χ4v) is 2.14. The first kappa shape index (κ1) is 8.69. The van der Waals surface area contributed by atoms with Gasteiger partial charge in [-0.05, 0) is 12.8 Å². The molecule has 2 rings (SSSR count). The highest BCUT2D eigenvalue weighted by atomic mass is 32.1. The van der Waals surface area contributed by atoms with Crippen LogP contribution in [0.3, 0.4) is 0 Å². The standard InChI is InChI=1S/C9H12N2OS/c12-9(11-3-1-2-4-11)5-8-6-10-7-13-8/h6-7H,1-5H2. The summed E-state index contributed by atoms with van der Waals surface area (Å²) in [6, 6.07) is 0. The summed E-state index contributed by atoms with van der Waals surface area (Å²) in [7, 11) is 0. The monoisotopic (exact) mass is 196 g/mol. The predicted octanol–water partition coefficient (Wildman–Crippen LogP) is 1.31. The quantitative estimate of drug-likeness (QED) is 0.714. The van der Waals surface area contributed by atoms with E-state index in [9.17, 15) is 4.79 Å². The molecule has 0 radical (unpaired) electrons. The second-order valence-corrected chi connectivity index (χ2v) is 4.20. The van der Waals surface area contributed by atoms with E-state index in [1.54, 1.807) is 23.0 Å². The Morgan fingerprint density at radius 1 is 1.54 bits per heavy atom. The summed E-state index contributed by atoms with van der Waals surface area (Å²) < 4.78 is 0. The Labute approximate surface area is 81.4 Å². The molecule has 3 nitrogen and oxygen atoms in total. The summed E-state index contributed by atoms with van der Waals surface area (Å²) >= 11 is 1.55. The number of carbonyl (C=O) groups excluding carboxylic acids is 1. The van der Waals surface area contributed by atoms with Gasteiger partial charge in [0.25, 0.3) is 0 Å². The number of hydrogen-bond donors (Lipinski definition) is 0. The first-order valence-corrected chi connectivity index (χ1v) is 5.39. The van der Waals surface area contributed by atoms with Gasteiger partial charge in [-0.15, -0.1) is 11.3 Å². The number of aromatic nitrogens is 1. The molecule has 1 aliphatic heterocycles. The molecule has 1 aromatic rings. The van der Waals surface area contributed by atoms with E-state index in [-0.39, 0.29) is 5.91 Å². The molecule has 2 heterocycles. The lowest BCUT2D eigenvalue weighted by atomic mass is 10.3. The molecule has 0 spiro atoms. The van der Waals surface area contributed by atoms with Crippen molar-refractivity contribution in [1.29, 1.82) is 0 Å². The molecule has 13 heavy (non-hydrogen) atoms. The summed E-state index contributed by atoms with van der Waals surface area (Å²) in [6.07, 6.45) is 4.63. The topological polar surface area (TPSA) is 33.2 Å². The zero-order chi connectivity index (χ0) is 9.10. The number of hydrogen-bond acceptors (Lipinski definition) is 3. The van der Waals surface area contributed by atoms with Crippen molar-refractivity contribution in [3.63, 3.8) is 0 Å². The molecular formula is C9H12N2OS. The van der Waals surface area contributed by atoms with E-state index in [1.807, 2.05) is 4.90 Å². The van der Waals surface area contributed by atoms with Crippen molar-refractivity contribution in [3.8, 4) is 0 Å². The van der Waals surface area contributed by atoms with Crippen LogP contribution in [-0.2, 0) is 11.2 Å². The highest BCUT2D eigenvalue weighted by Crippen LogP contribution is 2.12. The summed E-state index contributed by atoms with van der Waals surface area (Å²) in [5.74, 6) is 0.252. The van der Waals surface area contributed by atoms with Gasteiger partial charge in [-0.3, -0.25) is 9.78 Å². The second-order valence-electron chi connectivity index (χ2n) is 3.23. The average Bonchev–Trinajstić information content (AvgIpc) is 2.74. The van der Waals surface area contributed by atoms with E-state index in [0.29, 0.717) is 6.42 Å². The van der Waals surface area contributed by atoms with Gasteiger partial charge in [-0.25, -0.2) is 0 Å². The molecule has 0 aromatic carbocycles. The maximum absolute atomic E-state index is 11.6. The van der Waals surface area contributed by atoms with Crippen LogP contribution in [0.1, 0.15) is 17.7 Å². The zero-order valence-electron chi connectivity index (χ0n) is 7.40. The van der Waals surface area contributed by atoms with Crippen molar-refractivity contribution in [2.45, 2.75) is 19.3 Å². The number of rotatable bonds is 2. The van der Waals surface area contributed by atoms with Crippen LogP contribution in [0.25, 0.3) is 0 Å². The molecule has 1 aliphatic rings. The Kier molecular flexibility index (Phi) is 2.59. The number of amides is 1. The lowest BCUT2D eigenvalue weighted by Crippen LogP contribution is -2.28. The lowest BCUT2D eigenvalue weighted by molar-refractivity contribution is -0.129. The highest BCUT2D eigenvalue weighted by molar-refractivity contribution is 7.09. The molecule has 1 amide bonds. The predicted molar refractivity (Wildman–Crippen MR) is 51.6 cm³/mol. The molecular weight excluding hydrogens is 184 g/mol. The average molecular weight is 196 g/mol. The maximum Gasteiger partial charge on any atom is 0.227 e. The van der Waals surface area contributed by atoms with E-state index in [1.165, 1.54) is 0 Å². The summed E-state index contributed by atoms with van der Waals surface area (Å²) in [5, 5.41) is 0. The third-order valence-corrected chi connectivity index (χ3v) is 3.05. The van der Waals surface area contributed by atoms with E-state index in [4.69, 9.17) is 0 Å². The van der Waals surface area contributed by atoms with Gasteiger partial charge in [-0.1, -0.05) is 0 Å². The van der Waals surface area contributed by atoms with Crippen molar-refractivity contribution in [2.75, 3.05) is 13.1 Å². The maximum atomic E-state index is 11.6. The summed E-state index contributed by atoms with van der Waals surface area (Å²) in [5.41, 5.74) is 1.77. The summed E-state index contributed by atoms with van der Waals surface area (Å²) in [4.78, 5) is 18.6. The molecule has 0 saturated carbocycles. The Bertz CT molecular complexity index is 278. The van der Waals surface area contributed by atoms with Crippen molar-refractivity contribution in [1.82, 2.24) is 9.88 Å². The van der Waals surface area contributed by atoms with Crippen LogP contribution >= 0.6 is 11.3 Å². The van der Waals surface area contributed by atoms with Gasteiger partial charge >= 0.3 is 0 Å². The smallest absolute Gasteiger partial charge is 0.227 e. The van der Waals surface area contributed by atoms with Crippen LogP contribution in [0.5, 0.6) is 0 Å². The molecule has 1 aromatic heterocycles. The third-order valence-electron chi connectivity index (χ3n) is 2.27. The Morgan fingerprint density at radius 2 is 2.31 bits per heavy atom. The molecule has 0 aliphatic carbocycles. The Balaban J connectivity index is 1.91. The molecule has 0 unspecified atom stereocenters. The normalized spacial score (nSPS) is 16.5. The first-order chi connectivity index (χ1) is 6.36. The SMILES string of the molecule is O=C(Cc1cncs1)N1CCCC1. The van der Waals surface area contributed by atoms with Gasteiger partial charge < -0.3 is 4.90 Å². The van der Waals surface area contributed by atoms with Crippen LogP contribution in [0.4, 0.5) is 0 Å². The van der Waals surface area contributed by atoms with Crippen LogP contribution in [-0.4, -0.2) is 28.9 Å².